The van der Waals surface area contributed by atoms with Crippen LogP contribution in [0, 0.1) is 0 Å². The van der Waals surface area contributed by atoms with Crippen molar-refractivity contribution < 1.29 is 24.2 Å². The van der Waals surface area contributed by atoms with Crippen molar-refractivity contribution in [3.05, 3.63) is 23.8 Å². The van der Waals surface area contributed by atoms with Gasteiger partial charge in [0.1, 0.15) is 5.56 Å². The van der Waals surface area contributed by atoms with Gasteiger partial charge in [0, 0.05) is 6.54 Å². The number of para-hydroxylation sites is 1. The summed E-state index contributed by atoms with van der Waals surface area (Å²) in [6.45, 7) is 4.18. The Labute approximate surface area is 111 Å². The van der Waals surface area contributed by atoms with Gasteiger partial charge in [0.2, 0.25) is 0 Å². The van der Waals surface area contributed by atoms with E-state index in [0.717, 1.165) is 0 Å². The second-order valence-electron chi connectivity index (χ2n) is 3.61. The fourth-order valence-electron chi connectivity index (χ4n) is 1.49. The molecular weight excluding hydrogens is 250 g/mol. The predicted octanol–water partition coefficient (Wildman–Crippen LogP) is 1.30. The molecule has 0 saturated carbocycles. The molecule has 0 fully saturated rings. The maximum absolute atomic E-state index is 11.3. The summed E-state index contributed by atoms with van der Waals surface area (Å²) in [5.74, 6) is -1.06. The summed E-state index contributed by atoms with van der Waals surface area (Å²) in [5, 5.41) is 11.7. The summed E-state index contributed by atoms with van der Waals surface area (Å²) in [6.07, 6.45) is 0. The number of amides is 1. The molecule has 1 aromatic rings. The Kier molecular flexibility index (Phi) is 5.66. The quantitative estimate of drug-likeness (QED) is 0.777. The third kappa shape index (κ3) is 4.17. The molecule has 0 saturated heterocycles. The van der Waals surface area contributed by atoms with Crippen LogP contribution in [0.3, 0.4) is 0 Å². The zero-order valence-electron chi connectivity index (χ0n) is 10.9. The van der Waals surface area contributed by atoms with Crippen molar-refractivity contribution in [3.63, 3.8) is 0 Å². The molecule has 0 radical (unpaired) electrons. The number of carboxylic acids is 1. The smallest absolute Gasteiger partial charge is 0.339 e. The van der Waals surface area contributed by atoms with E-state index in [4.69, 9.17) is 14.6 Å². The van der Waals surface area contributed by atoms with Crippen molar-refractivity contribution in [1.29, 1.82) is 0 Å². The van der Waals surface area contributed by atoms with E-state index >= 15 is 0 Å². The number of carbonyl (C=O) groups is 2. The molecule has 0 aliphatic rings. The van der Waals surface area contributed by atoms with Crippen LogP contribution >= 0.6 is 0 Å². The van der Waals surface area contributed by atoms with Gasteiger partial charge in [-0.05, 0) is 26.0 Å². The minimum absolute atomic E-state index is 0.0322. The van der Waals surface area contributed by atoms with Gasteiger partial charge < -0.3 is 19.9 Å². The number of benzene rings is 1. The first-order valence-electron chi connectivity index (χ1n) is 5.98. The lowest BCUT2D eigenvalue weighted by Gasteiger charge is -2.13. The van der Waals surface area contributed by atoms with Gasteiger partial charge >= 0.3 is 5.97 Å². The second kappa shape index (κ2) is 7.25. The Hall–Kier alpha value is -2.24. The van der Waals surface area contributed by atoms with Gasteiger partial charge in [0.15, 0.2) is 18.1 Å². The van der Waals surface area contributed by atoms with Crippen molar-refractivity contribution in [2.45, 2.75) is 13.8 Å². The Morgan fingerprint density at radius 2 is 2.00 bits per heavy atom. The molecule has 19 heavy (non-hydrogen) atoms. The van der Waals surface area contributed by atoms with Gasteiger partial charge in [0.05, 0.1) is 6.61 Å². The lowest BCUT2D eigenvalue weighted by atomic mass is 10.2. The van der Waals surface area contributed by atoms with Gasteiger partial charge in [-0.2, -0.15) is 0 Å². The van der Waals surface area contributed by atoms with Crippen LogP contribution < -0.4 is 14.8 Å². The van der Waals surface area contributed by atoms with E-state index in [-0.39, 0.29) is 23.8 Å². The summed E-state index contributed by atoms with van der Waals surface area (Å²) in [5.41, 5.74) is -0.0322. The molecule has 1 aromatic carbocycles. The van der Waals surface area contributed by atoms with Crippen LogP contribution in [-0.4, -0.2) is 36.7 Å². The lowest BCUT2D eigenvalue weighted by molar-refractivity contribution is -0.123. The molecule has 0 atom stereocenters. The molecule has 104 valence electrons. The fourth-order valence-corrected chi connectivity index (χ4v) is 1.49. The number of ether oxygens (including phenoxy) is 2. The SMILES string of the molecule is CCNC(=O)COc1c(OCC)cccc1C(=O)O. The van der Waals surface area contributed by atoms with E-state index < -0.39 is 5.97 Å². The Balaban J connectivity index is 2.94. The minimum atomic E-state index is -1.13. The number of hydrogen-bond acceptors (Lipinski definition) is 4. The standard InChI is InChI=1S/C13H17NO5/c1-3-14-11(15)8-19-12-9(13(16)17)6-5-7-10(12)18-4-2/h5-7H,3-4,8H2,1-2H3,(H,14,15)(H,16,17). The van der Waals surface area contributed by atoms with Gasteiger partial charge in [0.25, 0.3) is 5.91 Å². The van der Waals surface area contributed by atoms with Crippen LogP contribution in [0.1, 0.15) is 24.2 Å². The molecule has 0 aromatic heterocycles. The molecule has 6 heteroatoms. The molecular formula is C13H17NO5. The first kappa shape index (κ1) is 14.8. The molecule has 0 aliphatic carbocycles. The van der Waals surface area contributed by atoms with Crippen molar-refractivity contribution in [2.24, 2.45) is 0 Å². The van der Waals surface area contributed by atoms with Gasteiger partial charge in [-0.25, -0.2) is 4.79 Å². The predicted molar refractivity (Wildman–Crippen MR) is 68.7 cm³/mol. The summed E-state index contributed by atoms with van der Waals surface area (Å²) in [7, 11) is 0. The zero-order valence-corrected chi connectivity index (χ0v) is 10.9. The molecule has 6 nitrogen and oxygen atoms in total. The first-order chi connectivity index (χ1) is 9.10. The number of carboxylic acid groups (broad SMARTS) is 1. The monoisotopic (exact) mass is 267 g/mol. The van der Waals surface area contributed by atoms with Crippen LogP contribution in [-0.2, 0) is 4.79 Å². The number of aromatic carboxylic acids is 1. The maximum atomic E-state index is 11.3. The van der Waals surface area contributed by atoms with E-state index in [1.165, 1.54) is 6.07 Å². The summed E-state index contributed by atoms with van der Waals surface area (Å²) >= 11 is 0. The van der Waals surface area contributed by atoms with Crippen LogP contribution in [0.15, 0.2) is 18.2 Å². The third-order valence-electron chi connectivity index (χ3n) is 2.23. The molecule has 0 spiro atoms. The molecule has 0 heterocycles. The van der Waals surface area contributed by atoms with E-state index in [1.807, 2.05) is 0 Å². The molecule has 1 rings (SSSR count). The molecule has 0 unspecified atom stereocenters. The first-order valence-corrected chi connectivity index (χ1v) is 5.98. The Morgan fingerprint density at radius 1 is 1.26 bits per heavy atom. The van der Waals surface area contributed by atoms with Crippen molar-refractivity contribution in [3.8, 4) is 11.5 Å². The Bertz CT molecular complexity index is 458. The number of carbonyl (C=O) groups excluding carboxylic acids is 1. The highest BCUT2D eigenvalue weighted by molar-refractivity contribution is 5.92. The van der Waals surface area contributed by atoms with Crippen LogP contribution in [0.25, 0.3) is 0 Å². The largest absolute Gasteiger partial charge is 0.490 e. The highest BCUT2D eigenvalue weighted by Gasteiger charge is 2.17. The summed E-state index contributed by atoms with van der Waals surface area (Å²) in [6, 6.07) is 4.56. The molecule has 2 N–H and O–H groups in total. The minimum Gasteiger partial charge on any atom is -0.490 e. The van der Waals surface area contributed by atoms with E-state index in [0.29, 0.717) is 18.9 Å². The lowest BCUT2D eigenvalue weighted by Crippen LogP contribution is -2.28. The number of likely N-dealkylation sites (N-methyl/N-ethyl adjacent to an activating group) is 1. The van der Waals surface area contributed by atoms with E-state index in [1.54, 1.807) is 26.0 Å². The van der Waals surface area contributed by atoms with Crippen molar-refractivity contribution >= 4 is 11.9 Å². The fraction of sp³-hybridized carbons (Fsp3) is 0.385. The van der Waals surface area contributed by atoms with E-state index in [2.05, 4.69) is 5.32 Å². The van der Waals surface area contributed by atoms with Crippen molar-refractivity contribution in [1.82, 2.24) is 5.32 Å². The Morgan fingerprint density at radius 3 is 2.58 bits per heavy atom. The molecule has 0 bridgehead atoms. The summed E-state index contributed by atoms with van der Waals surface area (Å²) in [4.78, 5) is 22.5. The number of nitrogens with one attached hydrogen (secondary N) is 1. The molecule has 1 amide bonds. The average Bonchev–Trinajstić information content (AvgIpc) is 2.37. The van der Waals surface area contributed by atoms with Crippen molar-refractivity contribution in [2.75, 3.05) is 19.8 Å². The van der Waals surface area contributed by atoms with Gasteiger partial charge in [-0.3, -0.25) is 4.79 Å². The van der Waals surface area contributed by atoms with E-state index in [9.17, 15) is 9.59 Å². The zero-order chi connectivity index (χ0) is 14.3. The van der Waals surface area contributed by atoms with Crippen LogP contribution in [0.2, 0.25) is 0 Å². The molecule has 0 aliphatic heterocycles. The topological polar surface area (TPSA) is 84.9 Å². The van der Waals surface area contributed by atoms with Gasteiger partial charge in [-0.1, -0.05) is 6.07 Å². The third-order valence-corrected chi connectivity index (χ3v) is 2.23. The second-order valence-corrected chi connectivity index (χ2v) is 3.61. The average molecular weight is 267 g/mol. The van der Waals surface area contributed by atoms with Gasteiger partial charge in [-0.15, -0.1) is 0 Å². The van der Waals surface area contributed by atoms with Crippen LogP contribution in [0.4, 0.5) is 0 Å². The summed E-state index contributed by atoms with van der Waals surface area (Å²) < 4.78 is 10.6. The van der Waals surface area contributed by atoms with Crippen LogP contribution in [0.5, 0.6) is 11.5 Å². The number of hydrogen-bond donors (Lipinski definition) is 2. The maximum Gasteiger partial charge on any atom is 0.339 e. The highest BCUT2D eigenvalue weighted by atomic mass is 16.5. The number of rotatable bonds is 7. The highest BCUT2D eigenvalue weighted by Crippen LogP contribution is 2.31. The normalized spacial score (nSPS) is 9.79.